The zero-order valence-corrected chi connectivity index (χ0v) is 16.7. The number of hydrogen-bond donors (Lipinski definition) is 1. The lowest BCUT2D eigenvalue weighted by atomic mass is 9.46. The van der Waals surface area contributed by atoms with Crippen molar-refractivity contribution in [1.29, 1.82) is 0 Å². The third kappa shape index (κ3) is 1.90. The van der Waals surface area contributed by atoms with Crippen molar-refractivity contribution in [3.8, 4) is 0 Å². The van der Waals surface area contributed by atoms with Gasteiger partial charge >= 0.3 is 0 Å². The van der Waals surface area contributed by atoms with Gasteiger partial charge in [0.05, 0.1) is 17.9 Å². The molecule has 1 N–H and O–H groups in total. The molecule has 0 aromatic rings. The molecule has 0 aromatic carbocycles. The van der Waals surface area contributed by atoms with Gasteiger partial charge in [0.1, 0.15) is 0 Å². The van der Waals surface area contributed by atoms with E-state index in [0.717, 1.165) is 60.2 Å². The van der Waals surface area contributed by atoms with E-state index in [9.17, 15) is 5.21 Å². The maximum atomic E-state index is 9.25. The molecule has 3 nitrogen and oxygen atoms in total. The Bertz CT molecular complexity index is 753. The standard InChI is InChI=1S/C24H33NO2/c1-3-23-9-7-18-17-6-5-16(25-26)12-15(17)11-14(2)21(18)22(23)19-13-20(19)24(23)8-4-10-27-24/h4,8,12,14,17-22,26H,3,5-7,9-11,13H2,1-2H3/t14?,17-,18?,19?,20?,21?,22?,23-,24-/m0/s1. The van der Waals surface area contributed by atoms with Gasteiger partial charge in [-0.25, -0.2) is 0 Å². The SMILES string of the molecule is CC[C@]12CCC3C(C(C)CC4=CC(=NO)CC[C@@H]43)C1C1CC1[C@@]21C=CCO1. The zero-order chi connectivity index (χ0) is 18.4. The van der Waals surface area contributed by atoms with E-state index < -0.39 is 0 Å². The molecular weight excluding hydrogens is 334 g/mol. The van der Waals surface area contributed by atoms with Gasteiger partial charge in [-0.05, 0) is 92.4 Å². The van der Waals surface area contributed by atoms with Crippen molar-refractivity contribution in [2.75, 3.05) is 6.61 Å². The molecule has 3 heteroatoms. The first-order valence-corrected chi connectivity index (χ1v) is 11.4. The van der Waals surface area contributed by atoms with E-state index >= 15 is 0 Å². The Kier molecular flexibility index (Phi) is 3.42. The fourth-order valence-corrected chi connectivity index (χ4v) is 9.14. The van der Waals surface area contributed by atoms with Crippen LogP contribution < -0.4 is 0 Å². The molecule has 0 bridgehead atoms. The highest BCUT2D eigenvalue weighted by molar-refractivity contribution is 5.96. The molecule has 0 radical (unpaired) electrons. The summed E-state index contributed by atoms with van der Waals surface area (Å²) in [7, 11) is 0. The predicted molar refractivity (Wildman–Crippen MR) is 106 cm³/mol. The zero-order valence-electron chi connectivity index (χ0n) is 16.7. The average molecular weight is 368 g/mol. The van der Waals surface area contributed by atoms with Crippen LogP contribution >= 0.6 is 0 Å². The smallest absolute Gasteiger partial charge is 0.0957 e. The minimum atomic E-state index is 0.0706. The van der Waals surface area contributed by atoms with E-state index in [-0.39, 0.29) is 5.60 Å². The summed E-state index contributed by atoms with van der Waals surface area (Å²) in [6, 6.07) is 0. The highest BCUT2D eigenvalue weighted by atomic mass is 16.5. The topological polar surface area (TPSA) is 41.8 Å². The van der Waals surface area contributed by atoms with Gasteiger partial charge in [0.15, 0.2) is 0 Å². The van der Waals surface area contributed by atoms with E-state index in [1.807, 2.05) is 0 Å². The number of allylic oxidation sites excluding steroid dienone is 2. The molecule has 1 aliphatic heterocycles. The molecule has 6 rings (SSSR count). The van der Waals surface area contributed by atoms with Crippen LogP contribution in [0.4, 0.5) is 0 Å². The predicted octanol–water partition coefficient (Wildman–Crippen LogP) is 5.21. The summed E-state index contributed by atoms with van der Waals surface area (Å²) in [4.78, 5) is 0. The molecule has 0 amide bonds. The second-order valence-corrected chi connectivity index (χ2v) is 10.5. The van der Waals surface area contributed by atoms with Crippen molar-refractivity contribution in [2.45, 2.75) is 64.4 Å². The number of hydrogen-bond acceptors (Lipinski definition) is 3. The van der Waals surface area contributed by atoms with Gasteiger partial charge in [-0.15, -0.1) is 0 Å². The van der Waals surface area contributed by atoms with E-state index in [1.165, 1.54) is 38.5 Å². The number of ether oxygens (including phenoxy) is 1. The molecule has 4 saturated carbocycles. The van der Waals surface area contributed by atoms with Crippen LogP contribution in [0, 0.1) is 46.8 Å². The van der Waals surface area contributed by atoms with Gasteiger partial charge < -0.3 is 9.94 Å². The quantitative estimate of drug-likeness (QED) is 0.393. The van der Waals surface area contributed by atoms with Crippen LogP contribution in [0.5, 0.6) is 0 Å². The Balaban J connectivity index is 1.41. The van der Waals surface area contributed by atoms with E-state index in [0.29, 0.717) is 5.41 Å². The highest BCUT2D eigenvalue weighted by Gasteiger charge is 2.77. The molecule has 6 aliphatic rings. The van der Waals surface area contributed by atoms with Crippen LogP contribution in [0.2, 0.25) is 0 Å². The van der Waals surface area contributed by atoms with Crippen LogP contribution in [0.15, 0.2) is 29.0 Å². The lowest BCUT2D eigenvalue weighted by molar-refractivity contribution is -0.150. The lowest BCUT2D eigenvalue weighted by Gasteiger charge is -2.60. The summed E-state index contributed by atoms with van der Waals surface area (Å²) in [5, 5.41) is 12.8. The van der Waals surface area contributed by atoms with Crippen LogP contribution in [0.3, 0.4) is 0 Å². The Morgan fingerprint density at radius 1 is 1.30 bits per heavy atom. The van der Waals surface area contributed by atoms with Crippen molar-refractivity contribution in [2.24, 2.45) is 52.0 Å². The van der Waals surface area contributed by atoms with Crippen LogP contribution in [0.25, 0.3) is 0 Å². The Morgan fingerprint density at radius 3 is 2.93 bits per heavy atom. The first-order valence-electron chi connectivity index (χ1n) is 11.4. The van der Waals surface area contributed by atoms with E-state index in [2.05, 4.69) is 37.2 Å². The van der Waals surface area contributed by atoms with E-state index in [1.54, 1.807) is 5.57 Å². The van der Waals surface area contributed by atoms with Gasteiger partial charge in [-0.1, -0.05) is 36.7 Å². The monoisotopic (exact) mass is 367 g/mol. The molecule has 0 aromatic heterocycles. The number of nitrogens with zero attached hydrogens (tertiary/aromatic N) is 1. The molecular formula is C24H33NO2. The maximum absolute atomic E-state index is 9.25. The minimum absolute atomic E-state index is 0.0706. The van der Waals surface area contributed by atoms with Gasteiger partial charge in [0, 0.05) is 5.41 Å². The first kappa shape index (κ1) is 16.8. The highest BCUT2D eigenvalue weighted by Crippen LogP contribution is 2.79. The van der Waals surface area contributed by atoms with Crippen molar-refractivity contribution in [3.63, 3.8) is 0 Å². The number of fused-ring (bicyclic) bond motifs is 9. The van der Waals surface area contributed by atoms with Crippen molar-refractivity contribution in [1.82, 2.24) is 0 Å². The normalized spacial score (nSPS) is 56.4. The van der Waals surface area contributed by atoms with Gasteiger partial charge in [0.2, 0.25) is 0 Å². The molecule has 146 valence electrons. The second kappa shape index (κ2) is 5.49. The van der Waals surface area contributed by atoms with Crippen molar-refractivity contribution < 1.29 is 9.94 Å². The van der Waals surface area contributed by atoms with Crippen molar-refractivity contribution >= 4 is 5.71 Å². The molecule has 1 heterocycles. The second-order valence-electron chi connectivity index (χ2n) is 10.5. The largest absolute Gasteiger partial charge is 0.411 e. The van der Waals surface area contributed by atoms with Gasteiger partial charge in [0.25, 0.3) is 0 Å². The van der Waals surface area contributed by atoms with Crippen LogP contribution in [0.1, 0.15) is 58.8 Å². The minimum Gasteiger partial charge on any atom is -0.411 e. The summed E-state index contributed by atoms with van der Waals surface area (Å²) >= 11 is 0. The van der Waals surface area contributed by atoms with E-state index in [4.69, 9.17) is 4.74 Å². The number of rotatable bonds is 1. The third-order valence-corrected chi connectivity index (χ3v) is 9.92. The molecule has 1 spiro atoms. The fraction of sp³-hybridized carbons (Fsp3) is 0.792. The first-order chi connectivity index (χ1) is 13.1. The average Bonchev–Trinajstić information content (AvgIpc) is 3.27. The Hall–Kier alpha value is -1.09. The van der Waals surface area contributed by atoms with Crippen LogP contribution in [-0.2, 0) is 4.74 Å². The van der Waals surface area contributed by atoms with Gasteiger partial charge in [-0.3, -0.25) is 0 Å². The third-order valence-electron chi connectivity index (χ3n) is 9.92. The Labute approximate surface area is 162 Å². The molecule has 4 fully saturated rings. The summed E-state index contributed by atoms with van der Waals surface area (Å²) < 4.78 is 6.60. The lowest BCUT2D eigenvalue weighted by Crippen LogP contribution is -2.57. The number of oxime groups is 1. The van der Waals surface area contributed by atoms with Crippen LogP contribution in [-0.4, -0.2) is 23.1 Å². The molecule has 27 heavy (non-hydrogen) atoms. The summed E-state index contributed by atoms with van der Waals surface area (Å²) in [5.74, 6) is 5.75. The Morgan fingerprint density at radius 2 is 2.19 bits per heavy atom. The summed E-state index contributed by atoms with van der Waals surface area (Å²) in [6.07, 6.45) is 15.8. The van der Waals surface area contributed by atoms with Gasteiger partial charge in [-0.2, -0.15) is 0 Å². The molecule has 9 atom stereocenters. The molecule has 6 unspecified atom stereocenters. The molecule has 0 saturated heterocycles. The van der Waals surface area contributed by atoms with Crippen molar-refractivity contribution in [3.05, 3.63) is 23.8 Å². The molecule has 5 aliphatic carbocycles. The summed E-state index contributed by atoms with van der Waals surface area (Å²) in [5.41, 5.74) is 2.94. The maximum Gasteiger partial charge on any atom is 0.0957 e. The fourth-order valence-electron chi connectivity index (χ4n) is 9.14. The summed E-state index contributed by atoms with van der Waals surface area (Å²) in [6.45, 7) is 5.79.